The summed E-state index contributed by atoms with van der Waals surface area (Å²) in [6.45, 7) is 3.83. The van der Waals surface area contributed by atoms with Crippen LogP contribution < -0.4 is 16.8 Å². The highest BCUT2D eigenvalue weighted by Crippen LogP contribution is 2.10. The van der Waals surface area contributed by atoms with Crippen LogP contribution in [0.3, 0.4) is 0 Å². The fourth-order valence-electron chi connectivity index (χ4n) is 1.61. The van der Waals surface area contributed by atoms with Crippen LogP contribution in [0, 0.1) is 0 Å². The molecule has 1 aromatic heterocycles. The Morgan fingerprint density at radius 1 is 1.42 bits per heavy atom. The maximum Gasteiger partial charge on any atom is 0.284 e. The fourth-order valence-corrected chi connectivity index (χ4v) is 1.61. The van der Waals surface area contributed by atoms with Crippen LogP contribution >= 0.6 is 12.4 Å². The quantitative estimate of drug-likeness (QED) is 0.723. The van der Waals surface area contributed by atoms with E-state index >= 15 is 0 Å². The molecule has 0 aliphatic heterocycles. The van der Waals surface area contributed by atoms with Crippen molar-refractivity contribution in [2.24, 2.45) is 11.5 Å². The number of halogens is 1. The standard InChI is InChI=1S/C12H19N3O3.ClH/c1-3-6-12(2,14)11(17)15-7-8-4-5-9(18-8)10(13)16;/h4-5H,3,6-7,14H2,1-2H3,(H2,13,16)(H,15,17);1H. The van der Waals surface area contributed by atoms with E-state index in [-0.39, 0.29) is 30.6 Å². The number of furan rings is 1. The van der Waals surface area contributed by atoms with Crippen molar-refractivity contribution in [2.45, 2.75) is 38.8 Å². The molecule has 1 heterocycles. The second-order valence-corrected chi connectivity index (χ2v) is 4.48. The minimum atomic E-state index is -0.895. The Balaban J connectivity index is 0.00000324. The van der Waals surface area contributed by atoms with Gasteiger partial charge in [0.1, 0.15) is 5.76 Å². The van der Waals surface area contributed by atoms with Crippen molar-refractivity contribution < 1.29 is 14.0 Å². The number of hydrogen-bond acceptors (Lipinski definition) is 4. The molecule has 19 heavy (non-hydrogen) atoms. The fraction of sp³-hybridized carbons (Fsp3) is 0.500. The number of primary amides is 1. The van der Waals surface area contributed by atoms with Crippen molar-refractivity contribution in [1.82, 2.24) is 5.32 Å². The Hall–Kier alpha value is -1.53. The normalized spacial score (nSPS) is 13.2. The van der Waals surface area contributed by atoms with Gasteiger partial charge in [-0.25, -0.2) is 0 Å². The van der Waals surface area contributed by atoms with Crippen molar-refractivity contribution in [3.63, 3.8) is 0 Å². The van der Waals surface area contributed by atoms with Gasteiger partial charge in [-0.2, -0.15) is 0 Å². The summed E-state index contributed by atoms with van der Waals surface area (Å²) in [7, 11) is 0. The zero-order valence-electron chi connectivity index (χ0n) is 11.1. The topological polar surface area (TPSA) is 111 Å². The molecule has 0 aliphatic rings. The first kappa shape index (κ1) is 17.5. The summed E-state index contributed by atoms with van der Waals surface area (Å²) >= 11 is 0. The van der Waals surface area contributed by atoms with Crippen molar-refractivity contribution in [1.29, 1.82) is 0 Å². The summed E-state index contributed by atoms with van der Waals surface area (Å²) in [6.07, 6.45) is 1.43. The van der Waals surface area contributed by atoms with Gasteiger partial charge in [0.05, 0.1) is 12.1 Å². The summed E-state index contributed by atoms with van der Waals surface area (Å²) in [5.74, 6) is -0.351. The highest BCUT2D eigenvalue weighted by molar-refractivity contribution is 5.90. The van der Waals surface area contributed by atoms with Crippen LogP contribution in [0.5, 0.6) is 0 Å². The molecule has 1 atom stereocenters. The second kappa shape index (κ2) is 7.16. The number of amides is 2. The molecular weight excluding hydrogens is 270 g/mol. The molecule has 108 valence electrons. The smallest absolute Gasteiger partial charge is 0.284 e. The molecule has 0 saturated carbocycles. The van der Waals surface area contributed by atoms with Gasteiger partial charge in [-0.15, -0.1) is 12.4 Å². The van der Waals surface area contributed by atoms with E-state index in [0.29, 0.717) is 12.2 Å². The Morgan fingerprint density at radius 3 is 2.53 bits per heavy atom. The number of carbonyl (C=O) groups is 2. The van der Waals surface area contributed by atoms with Crippen LogP contribution in [0.15, 0.2) is 16.5 Å². The lowest BCUT2D eigenvalue weighted by Gasteiger charge is -2.22. The predicted octanol–water partition coefficient (Wildman–Crippen LogP) is 0.934. The van der Waals surface area contributed by atoms with E-state index in [0.717, 1.165) is 6.42 Å². The first-order chi connectivity index (χ1) is 8.36. The van der Waals surface area contributed by atoms with Crippen molar-refractivity contribution in [3.05, 3.63) is 23.7 Å². The first-order valence-electron chi connectivity index (χ1n) is 5.82. The molecule has 0 aromatic carbocycles. The Bertz CT molecular complexity index is 443. The van der Waals surface area contributed by atoms with E-state index in [1.165, 1.54) is 6.07 Å². The molecule has 0 aliphatic carbocycles. The Kier molecular flexibility index (Phi) is 6.58. The molecule has 0 bridgehead atoms. The average Bonchev–Trinajstić information content (AvgIpc) is 2.74. The maximum absolute atomic E-state index is 11.8. The van der Waals surface area contributed by atoms with Gasteiger partial charge in [-0.3, -0.25) is 9.59 Å². The summed E-state index contributed by atoms with van der Waals surface area (Å²) in [5, 5.41) is 2.67. The van der Waals surface area contributed by atoms with Crippen molar-refractivity contribution in [2.75, 3.05) is 0 Å². The largest absolute Gasteiger partial charge is 0.454 e. The van der Waals surface area contributed by atoms with E-state index in [4.69, 9.17) is 15.9 Å². The number of rotatable bonds is 6. The molecule has 0 saturated heterocycles. The minimum Gasteiger partial charge on any atom is -0.454 e. The predicted molar refractivity (Wildman–Crippen MR) is 73.8 cm³/mol. The zero-order chi connectivity index (χ0) is 13.8. The van der Waals surface area contributed by atoms with Crippen molar-refractivity contribution >= 4 is 24.2 Å². The molecule has 5 N–H and O–H groups in total. The molecular formula is C12H20ClN3O3. The monoisotopic (exact) mass is 289 g/mol. The maximum atomic E-state index is 11.8. The molecule has 0 radical (unpaired) electrons. The summed E-state index contributed by atoms with van der Waals surface area (Å²) in [4.78, 5) is 22.6. The molecule has 0 spiro atoms. The summed E-state index contributed by atoms with van der Waals surface area (Å²) < 4.78 is 5.14. The lowest BCUT2D eigenvalue weighted by atomic mass is 9.96. The third-order valence-electron chi connectivity index (χ3n) is 2.62. The van der Waals surface area contributed by atoms with Crippen LogP contribution in [-0.2, 0) is 11.3 Å². The van der Waals surface area contributed by atoms with Gasteiger partial charge in [0.15, 0.2) is 5.76 Å². The minimum absolute atomic E-state index is 0. The Morgan fingerprint density at radius 2 is 2.05 bits per heavy atom. The van der Waals surface area contributed by atoms with Crippen LogP contribution in [0.2, 0.25) is 0 Å². The third kappa shape index (κ3) is 4.92. The summed E-state index contributed by atoms with van der Waals surface area (Å²) in [6, 6.07) is 3.06. The molecule has 7 heteroatoms. The highest BCUT2D eigenvalue weighted by atomic mass is 35.5. The van der Waals surface area contributed by atoms with E-state index in [9.17, 15) is 9.59 Å². The first-order valence-corrected chi connectivity index (χ1v) is 5.82. The van der Waals surface area contributed by atoms with Gasteiger partial charge in [0.25, 0.3) is 5.91 Å². The van der Waals surface area contributed by atoms with Gasteiger partial charge in [0, 0.05) is 0 Å². The van der Waals surface area contributed by atoms with Crippen LogP contribution in [0.1, 0.15) is 43.0 Å². The van der Waals surface area contributed by atoms with Gasteiger partial charge >= 0.3 is 0 Å². The van der Waals surface area contributed by atoms with Crippen LogP contribution in [0.25, 0.3) is 0 Å². The third-order valence-corrected chi connectivity index (χ3v) is 2.62. The molecule has 1 aromatic rings. The van der Waals surface area contributed by atoms with Gasteiger partial charge in [-0.05, 0) is 25.5 Å². The lowest BCUT2D eigenvalue weighted by molar-refractivity contribution is -0.126. The molecule has 2 amide bonds. The lowest BCUT2D eigenvalue weighted by Crippen LogP contribution is -2.51. The van der Waals surface area contributed by atoms with E-state index < -0.39 is 11.4 Å². The van der Waals surface area contributed by atoms with Gasteiger partial charge < -0.3 is 21.2 Å². The highest BCUT2D eigenvalue weighted by Gasteiger charge is 2.26. The summed E-state index contributed by atoms with van der Waals surface area (Å²) in [5.41, 5.74) is 10.0. The molecule has 0 fully saturated rings. The number of nitrogens with one attached hydrogen (secondary N) is 1. The zero-order valence-corrected chi connectivity index (χ0v) is 11.9. The SMILES string of the molecule is CCCC(C)(N)C(=O)NCc1ccc(C(N)=O)o1.Cl. The van der Waals surface area contributed by atoms with E-state index in [1.54, 1.807) is 13.0 Å². The molecule has 1 rings (SSSR count). The molecule has 6 nitrogen and oxygen atoms in total. The van der Waals surface area contributed by atoms with Gasteiger partial charge in [0.2, 0.25) is 5.91 Å². The number of hydrogen-bond donors (Lipinski definition) is 3. The average molecular weight is 290 g/mol. The van der Waals surface area contributed by atoms with Crippen molar-refractivity contribution in [3.8, 4) is 0 Å². The number of carbonyl (C=O) groups excluding carboxylic acids is 2. The van der Waals surface area contributed by atoms with Gasteiger partial charge in [-0.1, -0.05) is 13.3 Å². The van der Waals surface area contributed by atoms with E-state index in [2.05, 4.69) is 5.32 Å². The number of nitrogens with two attached hydrogens (primary N) is 2. The van der Waals surface area contributed by atoms with Crippen LogP contribution in [-0.4, -0.2) is 17.4 Å². The molecule has 1 unspecified atom stereocenters. The second-order valence-electron chi connectivity index (χ2n) is 4.48. The van der Waals surface area contributed by atoms with E-state index in [1.807, 2.05) is 6.92 Å². The van der Waals surface area contributed by atoms with Crippen LogP contribution in [0.4, 0.5) is 0 Å². The Labute approximate surface area is 118 Å².